The summed E-state index contributed by atoms with van der Waals surface area (Å²) in [7, 11) is 0. The average molecular weight is 224 g/mol. The molecule has 0 spiro atoms. The van der Waals surface area contributed by atoms with Gasteiger partial charge in [0, 0.05) is 17.3 Å². The molecule has 1 aromatic heterocycles. The van der Waals surface area contributed by atoms with E-state index in [4.69, 9.17) is 0 Å². The van der Waals surface area contributed by atoms with Crippen molar-refractivity contribution in [3.05, 3.63) is 32.6 Å². The van der Waals surface area contributed by atoms with Gasteiger partial charge in [-0.25, -0.2) is 4.79 Å². The van der Waals surface area contributed by atoms with Gasteiger partial charge in [0.2, 0.25) is 0 Å². The van der Waals surface area contributed by atoms with Gasteiger partial charge in [0.25, 0.3) is 5.56 Å². The van der Waals surface area contributed by atoms with E-state index in [1.807, 2.05) is 34.6 Å². The standard InChI is InChI=1S/C12H20N2O2/c1-6-8(2)9-7-10(15)14(11(16)13-9)12(3,4)5/h7-8H,6H2,1-5H3,(H,13,16). The Kier molecular flexibility index (Phi) is 3.41. The number of aromatic nitrogens is 2. The number of aromatic amines is 1. The fourth-order valence-corrected chi connectivity index (χ4v) is 1.63. The first-order valence-corrected chi connectivity index (χ1v) is 5.64. The van der Waals surface area contributed by atoms with E-state index in [1.165, 1.54) is 10.6 Å². The average Bonchev–Trinajstić information content (AvgIpc) is 2.13. The number of hydrogen-bond donors (Lipinski definition) is 1. The zero-order valence-electron chi connectivity index (χ0n) is 10.6. The summed E-state index contributed by atoms with van der Waals surface area (Å²) >= 11 is 0. The first-order valence-electron chi connectivity index (χ1n) is 5.64. The predicted molar refractivity (Wildman–Crippen MR) is 65.0 cm³/mol. The summed E-state index contributed by atoms with van der Waals surface area (Å²) in [5.74, 6) is 0.204. The van der Waals surface area contributed by atoms with E-state index < -0.39 is 5.54 Å². The van der Waals surface area contributed by atoms with Crippen molar-refractivity contribution in [3.63, 3.8) is 0 Å². The third-order valence-corrected chi connectivity index (χ3v) is 2.77. The molecule has 1 rings (SSSR count). The van der Waals surface area contributed by atoms with Crippen molar-refractivity contribution in [2.24, 2.45) is 0 Å². The molecule has 0 aliphatic heterocycles. The monoisotopic (exact) mass is 224 g/mol. The van der Waals surface area contributed by atoms with Gasteiger partial charge in [0.15, 0.2) is 0 Å². The number of nitrogens with zero attached hydrogens (tertiary/aromatic N) is 1. The molecule has 0 aliphatic carbocycles. The Morgan fingerprint density at radius 3 is 2.31 bits per heavy atom. The van der Waals surface area contributed by atoms with Gasteiger partial charge in [-0.05, 0) is 33.1 Å². The summed E-state index contributed by atoms with van der Waals surface area (Å²) in [6.45, 7) is 9.54. The van der Waals surface area contributed by atoms with Gasteiger partial charge in [0.1, 0.15) is 0 Å². The maximum absolute atomic E-state index is 11.9. The first-order chi connectivity index (χ1) is 7.27. The molecule has 4 heteroatoms. The topological polar surface area (TPSA) is 54.9 Å². The van der Waals surface area contributed by atoms with Crippen LogP contribution in [0.2, 0.25) is 0 Å². The second kappa shape index (κ2) is 4.28. The maximum atomic E-state index is 11.9. The molecule has 1 aromatic rings. The lowest BCUT2D eigenvalue weighted by Crippen LogP contribution is -2.45. The third kappa shape index (κ3) is 2.43. The van der Waals surface area contributed by atoms with Crippen LogP contribution < -0.4 is 11.2 Å². The number of rotatable bonds is 2. The van der Waals surface area contributed by atoms with Crippen molar-refractivity contribution in [1.82, 2.24) is 9.55 Å². The van der Waals surface area contributed by atoms with Gasteiger partial charge in [-0.15, -0.1) is 0 Å². The van der Waals surface area contributed by atoms with E-state index in [-0.39, 0.29) is 17.2 Å². The Bertz CT molecular complexity index is 446. The molecule has 0 bridgehead atoms. The quantitative estimate of drug-likeness (QED) is 0.832. The minimum atomic E-state index is -0.487. The lowest BCUT2D eigenvalue weighted by Gasteiger charge is -2.21. The molecule has 1 N–H and O–H groups in total. The van der Waals surface area contributed by atoms with E-state index >= 15 is 0 Å². The molecular formula is C12H20N2O2. The second-order valence-corrected chi connectivity index (χ2v) is 5.18. The Balaban J connectivity index is 3.41. The molecule has 16 heavy (non-hydrogen) atoms. The summed E-state index contributed by atoms with van der Waals surface area (Å²) in [4.78, 5) is 26.5. The summed E-state index contributed by atoms with van der Waals surface area (Å²) in [5.41, 5.74) is -0.321. The lowest BCUT2D eigenvalue weighted by atomic mass is 10.0. The minimum absolute atomic E-state index is 0.204. The van der Waals surface area contributed by atoms with Crippen LogP contribution in [0.3, 0.4) is 0 Å². The summed E-state index contributed by atoms with van der Waals surface area (Å²) in [5, 5.41) is 0. The van der Waals surface area contributed by atoms with Crippen LogP contribution in [0.15, 0.2) is 15.7 Å². The SMILES string of the molecule is CCC(C)c1cc(=O)n(C(C)(C)C)c(=O)[nH]1. The molecule has 1 heterocycles. The molecule has 4 nitrogen and oxygen atoms in total. The van der Waals surface area contributed by atoms with Crippen molar-refractivity contribution < 1.29 is 0 Å². The highest BCUT2D eigenvalue weighted by atomic mass is 16.2. The number of nitrogens with one attached hydrogen (secondary N) is 1. The largest absolute Gasteiger partial charge is 0.329 e. The molecule has 90 valence electrons. The lowest BCUT2D eigenvalue weighted by molar-refractivity contribution is 0.364. The molecule has 0 radical (unpaired) electrons. The van der Waals surface area contributed by atoms with Gasteiger partial charge in [0.05, 0.1) is 0 Å². The molecule has 0 saturated carbocycles. The van der Waals surface area contributed by atoms with Crippen molar-refractivity contribution in [2.45, 2.75) is 52.5 Å². The molecular weight excluding hydrogens is 204 g/mol. The van der Waals surface area contributed by atoms with Crippen molar-refractivity contribution in [3.8, 4) is 0 Å². The predicted octanol–water partition coefficient (Wildman–Crippen LogP) is 1.81. The number of hydrogen-bond acceptors (Lipinski definition) is 2. The van der Waals surface area contributed by atoms with Crippen LogP contribution in [0.4, 0.5) is 0 Å². The summed E-state index contributed by atoms with van der Waals surface area (Å²) in [6, 6.07) is 1.53. The van der Waals surface area contributed by atoms with Crippen LogP contribution in [-0.2, 0) is 5.54 Å². The van der Waals surface area contributed by atoms with Crippen molar-refractivity contribution in [1.29, 1.82) is 0 Å². The maximum Gasteiger partial charge on any atom is 0.329 e. The van der Waals surface area contributed by atoms with Crippen LogP contribution >= 0.6 is 0 Å². The highest BCUT2D eigenvalue weighted by Gasteiger charge is 2.19. The highest BCUT2D eigenvalue weighted by molar-refractivity contribution is 5.06. The van der Waals surface area contributed by atoms with E-state index in [2.05, 4.69) is 4.98 Å². The molecule has 0 aliphatic rings. The highest BCUT2D eigenvalue weighted by Crippen LogP contribution is 2.14. The van der Waals surface area contributed by atoms with Crippen molar-refractivity contribution in [2.75, 3.05) is 0 Å². The van der Waals surface area contributed by atoms with Crippen LogP contribution in [0.5, 0.6) is 0 Å². The van der Waals surface area contributed by atoms with Crippen LogP contribution in [0.25, 0.3) is 0 Å². The Hall–Kier alpha value is -1.32. The van der Waals surface area contributed by atoms with E-state index in [9.17, 15) is 9.59 Å². The van der Waals surface area contributed by atoms with E-state index in [0.29, 0.717) is 0 Å². The molecule has 0 saturated heterocycles. The molecule has 1 unspecified atom stereocenters. The third-order valence-electron chi connectivity index (χ3n) is 2.77. The Labute approximate surface area is 95.3 Å². The van der Waals surface area contributed by atoms with E-state index in [1.54, 1.807) is 0 Å². The number of H-pyrrole nitrogens is 1. The first kappa shape index (κ1) is 12.7. The second-order valence-electron chi connectivity index (χ2n) is 5.18. The zero-order chi connectivity index (χ0) is 12.5. The van der Waals surface area contributed by atoms with Gasteiger partial charge < -0.3 is 4.98 Å². The molecule has 1 atom stereocenters. The zero-order valence-corrected chi connectivity index (χ0v) is 10.6. The Morgan fingerprint density at radius 1 is 1.38 bits per heavy atom. The Morgan fingerprint density at radius 2 is 1.94 bits per heavy atom. The fourth-order valence-electron chi connectivity index (χ4n) is 1.63. The molecule has 0 aromatic carbocycles. The van der Waals surface area contributed by atoms with E-state index in [0.717, 1.165) is 12.1 Å². The smallest absolute Gasteiger partial charge is 0.311 e. The fraction of sp³-hybridized carbons (Fsp3) is 0.667. The summed E-state index contributed by atoms with van der Waals surface area (Å²) < 4.78 is 1.25. The van der Waals surface area contributed by atoms with Crippen LogP contribution in [0.1, 0.15) is 52.7 Å². The van der Waals surface area contributed by atoms with Crippen LogP contribution in [-0.4, -0.2) is 9.55 Å². The summed E-state index contributed by atoms with van der Waals surface area (Å²) in [6.07, 6.45) is 0.898. The van der Waals surface area contributed by atoms with Gasteiger partial charge in [-0.3, -0.25) is 9.36 Å². The molecule has 0 amide bonds. The molecule has 0 fully saturated rings. The minimum Gasteiger partial charge on any atom is -0.311 e. The normalized spacial score (nSPS) is 13.8. The van der Waals surface area contributed by atoms with Crippen LogP contribution in [0, 0.1) is 0 Å². The van der Waals surface area contributed by atoms with Crippen molar-refractivity contribution >= 4 is 0 Å². The van der Waals surface area contributed by atoms with Gasteiger partial charge in [-0.1, -0.05) is 13.8 Å². The van der Waals surface area contributed by atoms with Gasteiger partial charge >= 0.3 is 5.69 Å². The van der Waals surface area contributed by atoms with Gasteiger partial charge in [-0.2, -0.15) is 0 Å².